The van der Waals surface area contributed by atoms with E-state index in [1.165, 1.54) is 0 Å². The highest BCUT2D eigenvalue weighted by atomic mass is 16.5. The number of para-hydroxylation sites is 2. The third-order valence-electron chi connectivity index (χ3n) is 7.04. The molecule has 0 saturated heterocycles. The molecule has 0 bridgehead atoms. The Morgan fingerprint density at radius 2 is 1.43 bits per heavy atom. The van der Waals surface area contributed by atoms with Crippen molar-refractivity contribution in [3.8, 4) is 17.2 Å². The molecule has 37 heavy (non-hydrogen) atoms. The highest BCUT2D eigenvalue weighted by molar-refractivity contribution is 6.02. The SMILES string of the molecule is COc1cc(C2N(C)c3ccccc3N2Cc2ccc3ccc4cccnc4c3n2)cc(OC)c1OC. The van der Waals surface area contributed by atoms with Crippen LogP contribution in [0, 0.1) is 0 Å². The summed E-state index contributed by atoms with van der Waals surface area (Å²) in [6.45, 7) is 0.613. The Labute approximate surface area is 215 Å². The standard InChI is InChI=1S/C30H28N4O3/c1-33-23-9-5-6-10-24(23)34(30(33)21-16-25(35-2)29(37-4)26(17-21)36-3)18-22-14-13-20-12-11-19-8-7-15-31-27(19)28(20)32-22/h5-17,30H,18H2,1-4H3. The zero-order valence-electron chi connectivity index (χ0n) is 21.3. The first-order chi connectivity index (χ1) is 18.1. The van der Waals surface area contributed by atoms with E-state index in [1.807, 2.05) is 24.4 Å². The van der Waals surface area contributed by atoms with Crippen molar-refractivity contribution in [1.29, 1.82) is 0 Å². The van der Waals surface area contributed by atoms with E-state index in [0.717, 1.165) is 44.4 Å². The lowest BCUT2D eigenvalue weighted by Gasteiger charge is -2.32. The summed E-state index contributed by atoms with van der Waals surface area (Å²) in [7, 11) is 7.01. The highest BCUT2D eigenvalue weighted by Gasteiger charge is 2.36. The molecule has 1 aliphatic rings. The largest absolute Gasteiger partial charge is 0.493 e. The number of anilines is 2. The van der Waals surface area contributed by atoms with Crippen LogP contribution in [0.3, 0.4) is 0 Å². The Bertz CT molecular complexity index is 1590. The Morgan fingerprint density at radius 3 is 2.14 bits per heavy atom. The van der Waals surface area contributed by atoms with Gasteiger partial charge < -0.3 is 24.0 Å². The number of aromatic nitrogens is 2. The van der Waals surface area contributed by atoms with Crippen molar-refractivity contribution in [3.05, 3.63) is 90.3 Å². The number of rotatable bonds is 6. The van der Waals surface area contributed by atoms with Crippen molar-refractivity contribution in [2.45, 2.75) is 12.7 Å². The molecule has 0 radical (unpaired) electrons. The summed E-state index contributed by atoms with van der Waals surface area (Å²) in [6, 6.07) is 24.9. The second-order valence-corrected chi connectivity index (χ2v) is 9.07. The summed E-state index contributed by atoms with van der Waals surface area (Å²) in [5.41, 5.74) is 6.12. The summed E-state index contributed by atoms with van der Waals surface area (Å²) in [4.78, 5) is 14.4. The van der Waals surface area contributed by atoms with E-state index in [4.69, 9.17) is 19.2 Å². The number of ether oxygens (including phenoxy) is 3. The van der Waals surface area contributed by atoms with Gasteiger partial charge in [0.15, 0.2) is 11.5 Å². The van der Waals surface area contributed by atoms with E-state index >= 15 is 0 Å². The maximum atomic E-state index is 5.67. The van der Waals surface area contributed by atoms with Crippen molar-refractivity contribution in [1.82, 2.24) is 9.97 Å². The second kappa shape index (κ2) is 9.17. The summed E-state index contributed by atoms with van der Waals surface area (Å²) in [5.74, 6) is 1.83. The lowest BCUT2D eigenvalue weighted by Crippen LogP contribution is -2.33. The van der Waals surface area contributed by atoms with E-state index < -0.39 is 0 Å². The molecule has 1 atom stereocenters. The van der Waals surface area contributed by atoms with Gasteiger partial charge in [-0.15, -0.1) is 0 Å². The van der Waals surface area contributed by atoms with Crippen LogP contribution in [0.5, 0.6) is 17.2 Å². The molecule has 186 valence electrons. The fourth-order valence-corrected chi connectivity index (χ4v) is 5.33. The van der Waals surface area contributed by atoms with Gasteiger partial charge in [0.05, 0.1) is 56.0 Å². The van der Waals surface area contributed by atoms with Gasteiger partial charge in [0.25, 0.3) is 0 Å². The molecule has 3 aromatic carbocycles. The maximum absolute atomic E-state index is 5.67. The first kappa shape index (κ1) is 22.9. The summed E-state index contributed by atoms with van der Waals surface area (Å²) in [5, 5.41) is 2.16. The molecule has 7 nitrogen and oxygen atoms in total. The van der Waals surface area contributed by atoms with Crippen molar-refractivity contribution in [2.75, 3.05) is 38.2 Å². The van der Waals surface area contributed by atoms with Crippen LogP contribution in [0.15, 0.2) is 79.0 Å². The second-order valence-electron chi connectivity index (χ2n) is 9.07. The molecule has 7 heteroatoms. The third kappa shape index (κ3) is 3.74. The molecule has 2 aromatic heterocycles. The number of methoxy groups -OCH3 is 3. The maximum Gasteiger partial charge on any atom is 0.203 e. The number of hydrogen-bond donors (Lipinski definition) is 0. The molecular formula is C30H28N4O3. The van der Waals surface area contributed by atoms with E-state index in [0.29, 0.717) is 23.8 Å². The number of hydrogen-bond acceptors (Lipinski definition) is 7. The van der Waals surface area contributed by atoms with Crippen molar-refractivity contribution in [3.63, 3.8) is 0 Å². The van der Waals surface area contributed by atoms with Gasteiger partial charge in [-0.3, -0.25) is 4.98 Å². The van der Waals surface area contributed by atoms with Gasteiger partial charge in [0.2, 0.25) is 5.75 Å². The van der Waals surface area contributed by atoms with Crippen LogP contribution in [-0.4, -0.2) is 38.3 Å². The minimum Gasteiger partial charge on any atom is -0.493 e. The smallest absolute Gasteiger partial charge is 0.203 e. The molecule has 0 N–H and O–H groups in total. The molecular weight excluding hydrogens is 464 g/mol. The number of pyridine rings is 2. The lowest BCUT2D eigenvalue weighted by molar-refractivity contribution is 0.323. The third-order valence-corrected chi connectivity index (χ3v) is 7.04. The van der Waals surface area contributed by atoms with Gasteiger partial charge in [0.1, 0.15) is 6.17 Å². The summed E-state index contributed by atoms with van der Waals surface area (Å²) in [6.07, 6.45) is 1.72. The molecule has 0 spiro atoms. The van der Waals surface area contributed by atoms with Gasteiger partial charge in [-0.25, -0.2) is 4.98 Å². The van der Waals surface area contributed by atoms with Crippen LogP contribution >= 0.6 is 0 Å². The molecule has 1 unspecified atom stereocenters. The van der Waals surface area contributed by atoms with Crippen LogP contribution in [0.1, 0.15) is 17.4 Å². The molecule has 0 saturated carbocycles. The van der Waals surface area contributed by atoms with Gasteiger partial charge in [-0.05, 0) is 36.4 Å². The van der Waals surface area contributed by atoms with E-state index in [1.54, 1.807) is 21.3 Å². The summed E-state index contributed by atoms with van der Waals surface area (Å²) >= 11 is 0. The lowest BCUT2D eigenvalue weighted by atomic mass is 10.1. The minimum absolute atomic E-state index is 0.103. The van der Waals surface area contributed by atoms with Crippen LogP contribution in [0.4, 0.5) is 11.4 Å². The fraction of sp³-hybridized carbons (Fsp3) is 0.200. The number of nitrogens with zero attached hydrogens (tertiary/aromatic N) is 4. The molecule has 0 aliphatic carbocycles. The predicted octanol–water partition coefficient (Wildman–Crippen LogP) is 5.96. The molecule has 5 aromatic rings. The topological polar surface area (TPSA) is 60.0 Å². The van der Waals surface area contributed by atoms with E-state index in [9.17, 15) is 0 Å². The molecule has 6 rings (SSSR count). The van der Waals surface area contributed by atoms with Gasteiger partial charge in [-0.1, -0.05) is 36.4 Å². The Morgan fingerprint density at radius 1 is 0.757 bits per heavy atom. The van der Waals surface area contributed by atoms with Crippen molar-refractivity contribution >= 4 is 33.2 Å². The quantitative estimate of drug-likeness (QED) is 0.271. The molecule has 1 aliphatic heterocycles. The monoisotopic (exact) mass is 492 g/mol. The first-order valence-electron chi connectivity index (χ1n) is 12.1. The van der Waals surface area contributed by atoms with Gasteiger partial charge >= 0.3 is 0 Å². The normalized spacial score (nSPS) is 14.8. The Balaban J connectivity index is 1.47. The van der Waals surface area contributed by atoms with Crippen LogP contribution < -0.4 is 24.0 Å². The number of fused-ring (bicyclic) bond motifs is 4. The Kier molecular flexibility index (Phi) is 5.68. The first-order valence-corrected chi connectivity index (χ1v) is 12.1. The van der Waals surface area contributed by atoms with Crippen LogP contribution in [-0.2, 0) is 6.54 Å². The summed E-state index contributed by atoms with van der Waals surface area (Å²) < 4.78 is 16.9. The average molecular weight is 493 g/mol. The molecule has 0 amide bonds. The zero-order chi connectivity index (χ0) is 25.5. The number of benzene rings is 3. The van der Waals surface area contributed by atoms with Crippen molar-refractivity contribution in [2.24, 2.45) is 0 Å². The Hall–Kier alpha value is -4.52. The average Bonchev–Trinajstić information content (AvgIpc) is 3.23. The van der Waals surface area contributed by atoms with Crippen LogP contribution in [0.2, 0.25) is 0 Å². The molecule has 0 fully saturated rings. The van der Waals surface area contributed by atoms with E-state index in [-0.39, 0.29) is 6.17 Å². The minimum atomic E-state index is -0.103. The van der Waals surface area contributed by atoms with E-state index in [2.05, 4.69) is 76.4 Å². The zero-order valence-corrected chi connectivity index (χ0v) is 21.3. The fourth-order valence-electron chi connectivity index (χ4n) is 5.33. The van der Waals surface area contributed by atoms with Crippen molar-refractivity contribution < 1.29 is 14.2 Å². The highest BCUT2D eigenvalue weighted by Crippen LogP contribution is 2.49. The molecule has 3 heterocycles. The van der Waals surface area contributed by atoms with Gasteiger partial charge in [0, 0.05) is 29.6 Å². The van der Waals surface area contributed by atoms with Crippen LogP contribution in [0.25, 0.3) is 21.8 Å². The van der Waals surface area contributed by atoms with Gasteiger partial charge in [-0.2, -0.15) is 0 Å². The predicted molar refractivity (Wildman–Crippen MR) is 147 cm³/mol.